The van der Waals surface area contributed by atoms with Crippen molar-refractivity contribution >= 4 is 11.6 Å². The molecule has 3 unspecified atom stereocenters. The predicted octanol–water partition coefficient (Wildman–Crippen LogP) is 1.76. The lowest BCUT2D eigenvalue weighted by Crippen LogP contribution is -2.43. The molecule has 1 amide bonds. The molecule has 0 fully saturated rings. The molecular formula is C14H22N2O2. The quantitative estimate of drug-likeness (QED) is 0.721. The number of hydrogen-bond acceptors (Lipinski definition) is 3. The van der Waals surface area contributed by atoms with Crippen molar-refractivity contribution < 1.29 is 9.90 Å². The van der Waals surface area contributed by atoms with E-state index in [0.29, 0.717) is 6.42 Å². The number of hydrogen-bond donors (Lipinski definition) is 3. The lowest BCUT2D eigenvalue weighted by molar-refractivity contribution is -0.118. The van der Waals surface area contributed by atoms with Gasteiger partial charge in [0.25, 0.3) is 0 Å². The van der Waals surface area contributed by atoms with Crippen LogP contribution in [0.25, 0.3) is 0 Å². The fraction of sp³-hybridized carbons (Fsp3) is 0.500. The van der Waals surface area contributed by atoms with E-state index < -0.39 is 0 Å². The number of rotatable bonds is 6. The number of para-hydroxylation sites is 1. The summed E-state index contributed by atoms with van der Waals surface area (Å²) in [7, 11) is 0. The Labute approximate surface area is 108 Å². The molecule has 1 aromatic rings. The number of nitrogens with one attached hydrogen (secondary N) is 2. The first-order valence-corrected chi connectivity index (χ1v) is 6.29. The second kappa shape index (κ2) is 7.13. The van der Waals surface area contributed by atoms with Crippen LogP contribution in [0.4, 0.5) is 5.69 Å². The van der Waals surface area contributed by atoms with Crippen molar-refractivity contribution in [3.63, 3.8) is 0 Å². The third-order valence-corrected chi connectivity index (χ3v) is 2.66. The summed E-state index contributed by atoms with van der Waals surface area (Å²) in [4.78, 5) is 11.9. The van der Waals surface area contributed by atoms with Crippen molar-refractivity contribution in [3.05, 3.63) is 30.3 Å². The molecule has 0 aromatic heterocycles. The maximum Gasteiger partial charge on any atom is 0.241 e. The fourth-order valence-electron chi connectivity index (χ4n) is 1.85. The van der Waals surface area contributed by atoms with Gasteiger partial charge < -0.3 is 15.7 Å². The van der Waals surface area contributed by atoms with Gasteiger partial charge in [0.15, 0.2) is 0 Å². The summed E-state index contributed by atoms with van der Waals surface area (Å²) >= 11 is 0. The molecule has 0 saturated heterocycles. The highest BCUT2D eigenvalue weighted by atomic mass is 16.3. The maximum atomic E-state index is 11.9. The Bertz CT molecular complexity index is 365. The maximum absolute atomic E-state index is 11.9. The second-order valence-electron chi connectivity index (χ2n) is 4.73. The van der Waals surface area contributed by atoms with Crippen LogP contribution < -0.4 is 10.6 Å². The molecule has 0 saturated carbocycles. The summed E-state index contributed by atoms with van der Waals surface area (Å²) in [5.41, 5.74) is 0.791. The van der Waals surface area contributed by atoms with Crippen molar-refractivity contribution in [2.24, 2.45) is 0 Å². The standard InChI is InChI=1S/C14H22N2O2/c1-10(9-11(2)17)15-12(3)14(18)16-13-7-5-4-6-8-13/h4-8,10-12,15,17H,9H2,1-3H3,(H,16,18). The molecule has 0 aliphatic rings. The van der Waals surface area contributed by atoms with E-state index in [1.807, 2.05) is 44.2 Å². The second-order valence-corrected chi connectivity index (χ2v) is 4.73. The van der Waals surface area contributed by atoms with Crippen LogP contribution in [0.3, 0.4) is 0 Å². The van der Waals surface area contributed by atoms with E-state index in [2.05, 4.69) is 10.6 Å². The molecule has 1 aromatic carbocycles. The predicted molar refractivity (Wildman–Crippen MR) is 73.4 cm³/mol. The molecule has 3 atom stereocenters. The molecule has 0 aliphatic heterocycles. The summed E-state index contributed by atoms with van der Waals surface area (Å²) in [6.07, 6.45) is 0.264. The van der Waals surface area contributed by atoms with Crippen LogP contribution in [0.5, 0.6) is 0 Å². The van der Waals surface area contributed by atoms with Crippen molar-refractivity contribution in [2.75, 3.05) is 5.32 Å². The molecule has 0 bridgehead atoms. The third-order valence-electron chi connectivity index (χ3n) is 2.66. The van der Waals surface area contributed by atoms with Gasteiger partial charge in [0.1, 0.15) is 0 Å². The van der Waals surface area contributed by atoms with Gasteiger partial charge in [0.2, 0.25) is 5.91 Å². The van der Waals surface area contributed by atoms with Crippen LogP contribution in [0.15, 0.2) is 30.3 Å². The van der Waals surface area contributed by atoms with Crippen molar-refractivity contribution in [1.29, 1.82) is 0 Å². The Balaban J connectivity index is 2.42. The average molecular weight is 250 g/mol. The third kappa shape index (κ3) is 5.29. The molecule has 4 nitrogen and oxygen atoms in total. The first-order valence-electron chi connectivity index (χ1n) is 6.29. The molecule has 0 aliphatic carbocycles. The minimum Gasteiger partial charge on any atom is -0.393 e. The summed E-state index contributed by atoms with van der Waals surface area (Å²) in [6.45, 7) is 5.52. The summed E-state index contributed by atoms with van der Waals surface area (Å²) in [6, 6.07) is 9.17. The average Bonchev–Trinajstić information content (AvgIpc) is 2.28. The highest BCUT2D eigenvalue weighted by Gasteiger charge is 2.16. The van der Waals surface area contributed by atoms with Gasteiger partial charge in [-0.25, -0.2) is 0 Å². The van der Waals surface area contributed by atoms with E-state index in [1.54, 1.807) is 6.92 Å². The highest BCUT2D eigenvalue weighted by Crippen LogP contribution is 2.06. The molecule has 3 N–H and O–H groups in total. The van der Waals surface area contributed by atoms with Crippen molar-refractivity contribution in [3.8, 4) is 0 Å². The number of benzene rings is 1. The van der Waals surface area contributed by atoms with Gasteiger partial charge in [0, 0.05) is 11.7 Å². The van der Waals surface area contributed by atoms with E-state index >= 15 is 0 Å². The Morgan fingerprint density at radius 2 is 1.83 bits per heavy atom. The van der Waals surface area contributed by atoms with Crippen molar-refractivity contribution in [2.45, 2.75) is 45.4 Å². The Kier molecular flexibility index (Phi) is 5.82. The molecule has 1 rings (SSSR count). The van der Waals surface area contributed by atoms with E-state index in [1.165, 1.54) is 0 Å². The Hall–Kier alpha value is -1.39. The minimum atomic E-state index is -0.364. The zero-order valence-corrected chi connectivity index (χ0v) is 11.2. The van der Waals surface area contributed by atoms with Crippen molar-refractivity contribution in [1.82, 2.24) is 5.32 Å². The number of carbonyl (C=O) groups excluding carboxylic acids is 1. The number of aliphatic hydroxyl groups is 1. The van der Waals surface area contributed by atoms with Gasteiger partial charge in [-0.3, -0.25) is 4.79 Å². The number of aliphatic hydroxyl groups excluding tert-OH is 1. The lowest BCUT2D eigenvalue weighted by atomic mass is 10.1. The SMILES string of the molecule is CC(O)CC(C)NC(C)C(=O)Nc1ccccc1. The summed E-state index contributed by atoms with van der Waals surface area (Å²) in [5.74, 6) is -0.0707. The van der Waals surface area contributed by atoms with Crippen LogP contribution in [0, 0.1) is 0 Å². The zero-order valence-electron chi connectivity index (χ0n) is 11.2. The zero-order chi connectivity index (χ0) is 13.5. The van der Waals surface area contributed by atoms with E-state index in [4.69, 9.17) is 0 Å². The molecular weight excluding hydrogens is 228 g/mol. The van der Waals surface area contributed by atoms with Gasteiger partial charge >= 0.3 is 0 Å². The van der Waals surface area contributed by atoms with E-state index in [9.17, 15) is 9.90 Å². The fourth-order valence-corrected chi connectivity index (χ4v) is 1.85. The van der Waals surface area contributed by atoms with Gasteiger partial charge in [-0.05, 0) is 39.3 Å². The molecule has 0 heterocycles. The topological polar surface area (TPSA) is 61.4 Å². The van der Waals surface area contributed by atoms with E-state index in [0.717, 1.165) is 5.69 Å². The van der Waals surface area contributed by atoms with Crippen LogP contribution in [-0.2, 0) is 4.79 Å². The molecule has 0 spiro atoms. The number of amides is 1. The first-order chi connectivity index (χ1) is 8.49. The number of carbonyl (C=O) groups is 1. The van der Waals surface area contributed by atoms with Gasteiger partial charge in [-0.1, -0.05) is 18.2 Å². The summed E-state index contributed by atoms with van der Waals surface area (Å²) < 4.78 is 0. The number of anilines is 1. The highest BCUT2D eigenvalue weighted by molar-refractivity contribution is 5.94. The lowest BCUT2D eigenvalue weighted by Gasteiger charge is -2.20. The molecule has 4 heteroatoms. The van der Waals surface area contributed by atoms with Crippen LogP contribution in [0.2, 0.25) is 0 Å². The molecule has 18 heavy (non-hydrogen) atoms. The largest absolute Gasteiger partial charge is 0.393 e. The van der Waals surface area contributed by atoms with Crippen LogP contribution >= 0.6 is 0 Å². The molecule has 100 valence electrons. The smallest absolute Gasteiger partial charge is 0.241 e. The Morgan fingerprint density at radius 3 is 2.39 bits per heavy atom. The van der Waals surface area contributed by atoms with Gasteiger partial charge in [-0.15, -0.1) is 0 Å². The molecule has 0 radical (unpaired) electrons. The van der Waals surface area contributed by atoms with Crippen LogP contribution in [-0.4, -0.2) is 29.2 Å². The van der Waals surface area contributed by atoms with Gasteiger partial charge in [-0.2, -0.15) is 0 Å². The summed E-state index contributed by atoms with van der Waals surface area (Å²) in [5, 5.41) is 15.3. The van der Waals surface area contributed by atoms with Gasteiger partial charge in [0.05, 0.1) is 12.1 Å². The first kappa shape index (κ1) is 14.7. The monoisotopic (exact) mass is 250 g/mol. The Morgan fingerprint density at radius 1 is 1.22 bits per heavy atom. The van der Waals surface area contributed by atoms with Crippen LogP contribution in [0.1, 0.15) is 27.2 Å². The van der Waals surface area contributed by atoms with E-state index in [-0.39, 0.29) is 24.1 Å². The normalized spacial score (nSPS) is 15.8. The minimum absolute atomic E-state index is 0.0707.